The minimum absolute atomic E-state index is 0.802. The average molecular weight is 140 g/mol. The van der Waals surface area contributed by atoms with Crippen LogP contribution in [0.5, 0.6) is 0 Å². The van der Waals surface area contributed by atoms with E-state index in [0.29, 0.717) is 0 Å². The predicted molar refractivity (Wildman–Crippen MR) is 46.0 cm³/mol. The minimum Gasteiger partial charge on any atom is -0.0654 e. The van der Waals surface area contributed by atoms with Crippen LogP contribution in [0.2, 0.25) is 0 Å². The van der Waals surface area contributed by atoms with Crippen molar-refractivity contribution in [2.45, 2.75) is 52.9 Å². The lowest BCUT2D eigenvalue weighted by Gasteiger charge is -2.11. The Hall–Kier alpha value is 0. The first-order chi connectivity index (χ1) is 4.75. The minimum atomic E-state index is 0.802. The molecule has 1 aliphatic carbocycles. The number of hydrogen-bond donors (Lipinski definition) is 0. The quantitative estimate of drug-likeness (QED) is 0.559. The fraction of sp³-hybridized carbons (Fsp3) is 1.00. The molecule has 0 saturated heterocycles. The smallest absolute Gasteiger partial charge is 0.0271 e. The summed E-state index contributed by atoms with van der Waals surface area (Å²) in [4.78, 5) is 0. The van der Waals surface area contributed by atoms with Gasteiger partial charge in [-0.2, -0.15) is 0 Å². The first kappa shape index (κ1) is 8.10. The molecular formula is C10H20. The van der Waals surface area contributed by atoms with Gasteiger partial charge in [-0.15, -0.1) is 0 Å². The lowest BCUT2D eigenvalue weighted by atomic mass is 9.94. The van der Waals surface area contributed by atoms with Gasteiger partial charge in [-0.3, -0.25) is 0 Å². The number of unbranched alkanes of at least 4 members (excludes halogenated alkanes) is 1. The normalized spacial score (nSPS) is 38.1. The summed E-state index contributed by atoms with van der Waals surface area (Å²) in [7, 11) is 0. The average Bonchev–Trinajstić information content (AvgIpc) is 2.59. The molecule has 1 aliphatic rings. The molecule has 60 valence electrons. The van der Waals surface area contributed by atoms with Gasteiger partial charge in [-0.05, 0) is 24.2 Å². The summed E-state index contributed by atoms with van der Waals surface area (Å²) >= 11 is 0. The number of hydrogen-bond acceptors (Lipinski definition) is 0. The first-order valence-electron chi connectivity index (χ1n) is 4.75. The highest BCUT2D eigenvalue weighted by Gasteiger charge is 2.47. The van der Waals surface area contributed by atoms with Crippen LogP contribution in [0.15, 0.2) is 0 Å². The van der Waals surface area contributed by atoms with Crippen LogP contribution in [0.3, 0.4) is 0 Å². The monoisotopic (exact) mass is 140 g/mol. The Morgan fingerprint density at radius 3 is 2.30 bits per heavy atom. The van der Waals surface area contributed by atoms with Gasteiger partial charge >= 0.3 is 0 Å². The predicted octanol–water partition coefficient (Wildman–Crippen LogP) is 3.61. The molecule has 0 amide bonds. The molecule has 1 fully saturated rings. The van der Waals surface area contributed by atoms with Crippen LogP contribution in [0, 0.1) is 11.3 Å². The molecule has 2 unspecified atom stereocenters. The van der Waals surface area contributed by atoms with E-state index in [9.17, 15) is 0 Å². The molecule has 0 aromatic rings. The molecule has 0 heteroatoms. The van der Waals surface area contributed by atoms with Gasteiger partial charge in [0.2, 0.25) is 0 Å². The summed E-state index contributed by atoms with van der Waals surface area (Å²) < 4.78 is 0. The van der Waals surface area contributed by atoms with Gasteiger partial charge in [0.15, 0.2) is 0 Å². The van der Waals surface area contributed by atoms with Gasteiger partial charge in [0.1, 0.15) is 0 Å². The summed E-state index contributed by atoms with van der Waals surface area (Å²) in [6.45, 7) is 7.04. The van der Waals surface area contributed by atoms with Crippen molar-refractivity contribution >= 4 is 0 Å². The second kappa shape index (κ2) is 2.94. The lowest BCUT2D eigenvalue weighted by molar-refractivity contribution is 0.397. The Labute approximate surface area is 65.0 Å². The van der Waals surface area contributed by atoms with E-state index in [2.05, 4.69) is 20.8 Å². The second-order valence-corrected chi connectivity index (χ2v) is 3.92. The van der Waals surface area contributed by atoms with Crippen molar-refractivity contribution in [3.8, 4) is 0 Å². The Balaban J connectivity index is 2.23. The maximum absolute atomic E-state index is 2.40. The van der Waals surface area contributed by atoms with E-state index in [1.54, 1.807) is 0 Å². The molecule has 0 aliphatic heterocycles. The van der Waals surface area contributed by atoms with Crippen molar-refractivity contribution in [1.82, 2.24) is 0 Å². The van der Waals surface area contributed by atoms with Crippen LogP contribution in [0.1, 0.15) is 52.9 Å². The molecule has 0 aromatic carbocycles. The third-order valence-electron chi connectivity index (χ3n) is 3.33. The van der Waals surface area contributed by atoms with Crippen molar-refractivity contribution in [2.24, 2.45) is 11.3 Å². The maximum atomic E-state index is 2.40. The SMILES string of the molecule is CCCCC1(CC)CC1C. The molecule has 0 heterocycles. The Morgan fingerprint density at radius 2 is 2.00 bits per heavy atom. The molecule has 0 aromatic heterocycles. The van der Waals surface area contributed by atoms with Crippen LogP contribution < -0.4 is 0 Å². The van der Waals surface area contributed by atoms with E-state index in [4.69, 9.17) is 0 Å². The Morgan fingerprint density at radius 1 is 1.40 bits per heavy atom. The van der Waals surface area contributed by atoms with Gasteiger partial charge in [0, 0.05) is 0 Å². The van der Waals surface area contributed by atoms with Crippen molar-refractivity contribution < 1.29 is 0 Å². The molecule has 0 N–H and O–H groups in total. The standard InChI is InChI=1S/C10H20/c1-4-6-7-10(5-2)8-9(10)3/h9H,4-8H2,1-3H3. The molecule has 0 spiro atoms. The summed E-state index contributed by atoms with van der Waals surface area (Å²) in [5, 5.41) is 0. The van der Waals surface area contributed by atoms with Crippen molar-refractivity contribution in [3.63, 3.8) is 0 Å². The summed E-state index contributed by atoms with van der Waals surface area (Å²) in [5.41, 5.74) is 0.802. The van der Waals surface area contributed by atoms with E-state index in [1.165, 1.54) is 32.1 Å². The lowest BCUT2D eigenvalue weighted by Crippen LogP contribution is -2.00. The van der Waals surface area contributed by atoms with Crippen LogP contribution in [0.4, 0.5) is 0 Å². The van der Waals surface area contributed by atoms with Crippen LogP contribution in [0.25, 0.3) is 0 Å². The van der Waals surface area contributed by atoms with Crippen molar-refractivity contribution in [2.75, 3.05) is 0 Å². The number of rotatable bonds is 4. The highest BCUT2D eigenvalue weighted by Crippen LogP contribution is 2.58. The van der Waals surface area contributed by atoms with E-state index in [1.807, 2.05) is 0 Å². The third kappa shape index (κ3) is 1.36. The van der Waals surface area contributed by atoms with Gasteiger partial charge in [-0.25, -0.2) is 0 Å². The summed E-state index contributed by atoms with van der Waals surface area (Å²) in [6, 6.07) is 0. The topological polar surface area (TPSA) is 0 Å². The van der Waals surface area contributed by atoms with E-state index < -0.39 is 0 Å². The highest BCUT2D eigenvalue weighted by molar-refractivity contribution is 4.98. The van der Waals surface area contributed by atoms with Crippen LogP contribution in [-0.2, 0) is 0 Å². The summed E-state index contributed by atoms with van der Waals surface area (Å²) in [5.74, 6) is 1.03. The largest absolute Gasteiger partial charge is 0.0654 e. The fourth-order valence-electron chi connectivity index (χ4n) is 2.10. The van der Waals surface area contributed by atoms with Gasteiger partial charge in [0.05, 0.1) is 0 Å². The third-order valence-corrected chi connectivity index (χ3v) is 3.33. The second-order valence-electron chi connectivity index (χ2n) is 3.92. The van der Waals surface area contributed by atoms with Gasteiger partial charge < -0.3 is 0 Å². The van der Waals surface area contributed by atoms with Crippen LogP contribution >= 0.6 is 0 Å². The molecular weight excluding hydrogens is 120 g/mol. The molecule has 1 rings (SSSR count). The van der Waals surface area contributed by atoms with E-state index in [-0.39, 0.29) is 0 Å². The Kier molecular flexibility index (Phi) is 2.38. The van der Waals surface area contributed by atoms with Gasteiger partial charge in [0.25, 0.3) is 0 Å². The van der Waals surface area contributed by atoms with Crippen LogP contribution in [-0.4, -0.2) is 0 Å². The van der Waals surface area contributed by atoms with Crippen molar-refractivity contribution in [3.05, 3.63) is 0 Å². The zero-order chi connectivity index (χ0) is 7.61. The van der Waals surface area contributed by atoms with E-state index in [0.717, 1.165) is 11.3 Å². The zero-order valence-corrected chi connectivity index (χ0v) is 7.61. The summed E-state index contributed by atoms with van der Waals surface area (Å²) in [6.07, 6.45) is 7.21. The zero-order valence-electron chi connectivity index (χ0n) is 7.61. The van der Waals surface area contributed by atoms with Gasteiger partial charge in [-0.1, -0.05) is 40.0 Å². The molecule has 1 saturated carbocycles. The molecule has 10 heavy (non-hydrogen) atoms. The Bertz CT molecular complexity index is 103. The fourth-order valence-corrected chi connectivity index (χ4v) is 2.10. The first-order valence-corrected chi connectivity index (χ1v) is 4.75. The van der Waals surface area contributed by atoms with E-state index >= 15 is 0 Å². The molecule has 0 bridgehead atoms. The maximum Gasteiger partial charge on any atom is -0.0271 e. The molecule has 0 nitrogen and oxygen atoms in total. The molecule has 2 atom stereocenters. The highest BCUT2D eigenvalue weighted by atomic mass is 14.5. The molecule has 0 radical (unpaired) electrons. The van der Waals surface area contributed by atoms with Crippen molar-refractivity contribution in [1.29, 1.82) is 0 Å².